The Kier molecular flexibility index (Phi) is 38.1. The fourth-order valence-corrected chi connectivity index (χ4v) is 6.10. The highest BCUT2D eigenvalue weighted by Crippen LogP contribution is 2.15. The minimum absolute atomic E-state index is 0.123. The molecular formula is C46H80N2O7. The molecule has 0 spiro atoms. The van der Waals surface area contributed by atoms with Gasteiger partial charge in [0.1, 0.15) is 12.1 Å². The Hall–Kier alpha value is -3.20. The number of aliphatic hydroxyl groups is 1. The average molecular weight is 773 g/mol. The van der Waals surface area contributed by atoms with E-state index in [0.717, 1.165) is 77.0 Å². The van der Waals surface area contributed by atoms with Gasteiger partial charge in [0.25, 0.3) is 0 Å². The van der Waals surface area contributed by atoms with E-state index in [2.05, 4.69) is 73.1 Å². The monoisotopic (exact) mass is 773 g/mol. The van der Waals surface area contributed by atoms with Crippen LogP contribution < -0.4 is 10.6 Å². The highest BCUT2D eigenvalue weighted by Gasteiger charge is 2.18. The fraction of sp³-hybridized carbons (Fsp3) is 0.739. The normalized spacial score (nSPS) is 12.9. The maximum absolute atomic E-state index is 12.7. The lowest BCUT2D eigenvalue weighted by molar-refractivity contribution is -0.147. The summed E-state index contributed by atoms with van der Waals surface area (Å²) in [7, 11) is 0. The molecule has 0 aromatic rings. The molecule has 0 bridgehead atoms. The van der Waals surface area contributed by atoms with Crippen molar-refractivity contribution >= 4 is 23.8 Å². The van der Waals surface area contributed by atoms with Crippen LogP contribution in [0.15, 0.2) is 48.6 Å². The third kappa shape index (κ3) is 37.5. The molecule has 0 rings (SSSR count). The second-order valence-corrected chi connectivity index (χ2v) is 14.8. The molecule has 55 heavy (non-hydrogen) atoms. The van der Waals surface area contributed by atoms with Gasteiger partial charge >= 0.3 is 11.9 Å². The molecule has 9 nitrogen and oxygen atoms in total. The van der Waals surface area contributed by atoms with Gasteiger partial charge in [0.05, 0.1) is 13.2 Å². The van der Waals surface area contributed by atoms with E-state index < -0.39 is 24.5 Å². The molecule has 9 heteroatoms. The molecule has 0 aliphatic carbocycles. The highest BCUT2D eigenvalue weighted by molar-refractivity contribution is 5.87. The summed E-state index contributed by atoms with van der Waals surface area (Å²) < 4.78 is 5.91. The Balaban J connectivity index is 4.30. The average Bonchev–Trinajstić information content (AvgIpc) is 3.17. The molecule has 0 radical (unpaired) electrons. The number of nitrogens with one attached hydrogen (secondary N) is 2. The van der Waals surface area contributed by atoms with Crippen LogP contribution in [-0.4, -0.2) is 59.3 Å². The molecule has 2 amide bonds. The molecule has 0 saturated heterocycles. The summed E-state index contributed by atoms with van der Waals surface area (Å²) in [5, 5.41) is 22.5. The minimum atomic E-state index is -1.39. The highest BCUT2D eigenvalue weighted by atomic mass is 16.5. The Bertz CT molecular complexity index is 1070. The van der Waals surface area contributed by atoms with Crippen LogP contribution >= 0.6 is 0 Å². The van der Waals surface area contributed by atoms with Crippen LogP contribution in [0.1, 0.15) is 194 Å². The lowest BCUT2D eigenvalue weighted by Gasteiger charge is -2.15. The van der Waals surface area contributed by atoms with Gasteiger partial charge in [-0.3, -0.25) is 14.4 Å². The van der Waals surface area contributed by atoms with Gasteiger partial charge in [-0.05, 0) is 83.1 Å². The topological polar surface area (TPSA) is 142 Å². The first-order valence-corrected chi connectivity index (χ1v) is 22.0. The molecule has 0 aromatic heterocycles. The molecule has 2 unspecified atom stereocenters. The number of carboxylic acids is 1. The number of ether oxygens (including phenoxy) is 1. The van der Waals surface area contributed by atoms with Gasteiger partial charge in [-0.2, -0.15) is 0 Å². The molecule has 0 aliphatic rings. The molecule has 0 saturated carbocycles. The zero-order chi connectivity index (χ0) is 40.5. The number of esters is 1. The minimum Gasteiger partial charge on any atom is -0.480 e. The van der Waals surface area contributed by atoms with Crippen molar-refractivity contribution in [2.24, 2.45) is 0 Å². The van der Waals surface area contributed by atoms with Crippen molar-refractivity contribution in [2.75, 3.05) is 13.2 Å². The van der Waals surface area contributed by atoms with Gasteiger partial charge in [-0.15, -0.1) is 0 Å². The van der Waals surface area contributed by atoms with Crippen molar-refractivity contribution in [2.45, 2.75) is 206 Å². The van der Waals surface area contributed by atoms with Crippen molar-refractivity contribution in [3.05, 3.63) is 48.6 Å². The predicted molar refractivity (Wildman–Crippen MR) is 227 cm³/mol. The summed E-state index contributed by atoms with van der Waals surface area (Å²) in [6, 6.07) is -1.39. The number of aliphatic carboxylic acids is 1. The predicted octanol–water partition coefficient (Wildman–Crippen LogP) is 10.8. The second-order valence-electron chi connectivity index (χ2n) is 14.8. The number of carboxylic acid groups (broad SMARTS) is 1. The number of hydrogen-bond acceptors (Lipinski definition) is 6. The summed E-state index contributed by atoms with van der Waals surface area (Å²) >= 11 is 0. The summed E-state index contributed by atoms with van der Waals surface area (Å²) in [4.78, 5) is 47.6. The van der Waals surface area contributed by atoms with Crippen molar-refractivity contribution in [3.8, 4) is 0 Å². The van der Waals surface area contributed by atoms with Crippen LogP contribution in [0.25, 0.3) is 0 Å². The first-order valence-electron chi connectivity index (χ1n) is 22.0. The first-order chi connectivity index (χ1) is 26.8. The van der Waals surface area contributed by atoms with Crippen molar-refractivity contribution in [1.82, 2.24) is 10.6 Å². The Morgan fingerprint density at radius 3 is 1.62 bits per heavy atom. The lowest BCUT2D eigenvalue weighted by atomic mass is 10.1. The number of unbranched alkanes of at least 4 members (excludes halogenated alkanes) is 19. The first kappa shape index (κ1) is 51.8. The maximum atomic E-state index is 12.7. The van der Waals surface area contributed by atoms with Crippen LogP contribution in [0.4, 0.5) is 0 Å². The standard InChI is InChI=1S/C46H80N2O7/c1-3-5-7-9-11-13-14-15-16-17-18-19-20-21-22-24-26-28-34-38-45(52)55-41(35-31-27-25-23-12-10-8-6-4-2)36-32-29-30-33-37-43(50)47-39-44(51)48-42(40-49)46(53)54/h11,13,15-16,18-19,31,35,41-42,49H,3-10,12,14,17,20-30,32-34,36-40H2,1-2H3,(H,47,50)(H,48,51)(H,53,54)/b13-11-,16-15-,19-18-,35-31-. The van der Waals surface area contributed by atoms with Gasteiger partial charge in [0.2, 0.25) is 11.8 Å². The molecule has 316 valence electrons. The van der Waals surface area contributed by atoms with Gasteiger partial charge in [-0.1, -0.05) is 146 Å². The Morgan fingerprint density at radius 1 is 0.564 bits per heavy atom. The van der Waals surface area contributed by atoms with Crippen LogP contribution in [0.3, 0.4) is 0 Å². The van der Waals surface area contributed by atoms with Crippen LogP contribution in [0.5, 0.6) is 0 Å². The zero-order valence-corrected chi connectivity index (χ0v) is 34.9. The molecule has 0 heterocycles. The van der Waals surface area contributed by atoms with Crippen molar-refractivity contribution < 1.29 is 34.1 Å². The van der Waals surface area contributed by atoms with E-state index in [1.807, 2.05) is 0 Å². The van der Waals surface area contributed by atoms with Gasteiger partial charge in [0.15, 0.2) is 0 Å². The molecule has 0 aromatic carbocycles. The fourth-order valence-electron chi connectivity index (χ4n) is 6.10. The van der Waals surface area contributed by atoms with E-state index >= 15 is 0 Å². The summed E-state index contributed by atoms with van der Waals surface area (Å²) in [5.74, 6) is -2.41. The molecule has 0 fully saturated rings. The summed E-state index contributed by atoms with van der Waals surface area (Å²) in [6.45, 7) is 3.41. The van der Waals surface area contributed by atoms with E-state index in [1.54, 1.807) is 0 Å². The molecular weight excluding hydrogens is 693 g/mol. The van der Waals surface area contributed by atoms with Crippen LogP contribution in [0, 0.1) is 0 Å². The Morgan fingerprint density at radius 2 is 1.04 bits per heavy atom. The van der Waals surface area contributed by atoms with E-state index in [9.17, 15) is 19.2 Å². The van der Waals surface area contributed by atoms with Crippen molar-refractivity contribution in [3.63, 3.8) is 0 Å². The lowest BCUT2D eigenvalue weighted by Crippen LogP contribution is -2.47. The quantitative estimate of drug-likeness (QED) is 0.0277. The number of aliphatic hydroxyl groups excluding tert-OH is 1. The summed E-state index contributed by atoms with van der Waals surface area (Å²) in [5.41, 5.74) is 0. The number of carbonyl (C=O) groups is 4. The SMILES string of the molecule is CCCCC/C=C\C/C=C\C/C=C\CCCCCCCCC(=O)OC(/C=C\CCCCCCCCC)CCCCCCC(=O)NCC(=O)NC(CO)C(=O)O. The van der Waals surface area contributed by atoms with E-state index in [-0.39, 0.29) is 30.9 Å². The molecule has 2 atom stereocenters. The number of rotatable bonds is 39. The summed E-state index contributed by atoms with van der Waals surface area (Å²) in [6.07, 6.45) is 47.2. The third-order valence-corrected chi connectivity index (χ3v) is 9.53. The van der Waals surface area contributed by atoms with Crippen LogP contribution in [-0.2, 0) is 23.9 Å². The van der Waals surface area contributed by atoms with Crippen LogP contribution in [0.2, 0.25) is 0 Å². The van der Waals surface area contributed by atoms with Gasteiger partial charge in [0, 0.05) is 12.8 Å². The number of amides is 2. The number of allylic oxidation sites excluding steroid dienone is 7. The van der Waals surface area contributed by atoms with E-state index in [0.29, 0.717) is 12.8 Å². The smallest absolute Gasteiger partial charge is 0.328 e. The third-order valence-electron chi connectivity index (χ3n) is 9.53. The molecule has 0 aliphatic heterocycles. The maximum Gasteiger partial charge on any atom is 0.328 e. The van der Waals surface area contributed by atoms with E-state index in [4.69, 9.17) is 14.9 Å². The number of hydrogen-bond donors (Lipinski definition) is 4. The second kappa shape index (κ2) is 40.5. The number of carbonyl (C=O) groups excluding carboxylic acids is 3. The van der Waals surface area contributed by atoms with Gasteiger partial charge < -0.3 is 25.6 Å². The zero-order valence-electron chi connectivity index (χ0n) is 34.9. The Labute approximate surface area is 335 Å². The van der Waals surface area contributed by atoms with Crippen molar-refractivity contribution in [1.29, 1.82) is 0 Å². The van der Waals surface area contributed by atoms with E-state index in [1.165, 1.54) is 83.5 Å². The largest absolute Gasteiger partial charge is 0.480 e. The van der Waals surface area contributed by atoms with Gasteiger partial charge in [-0.25, -0.2) is 4.79 Å². The molecule has 4 N–H and O–H groups in total.